The number of β-amino-alcohol motifs (C(OH)–C–C–N with tert-alkyl or cyclic N) is 1. The number of nitrogens with zero attached hydrogens (tertiary/aromatic N) is 1. The van der Waals surface area contributed by atoms with E-state index in [0.717, 1.165) is 10.0 Å². The average molecular weight is 342 g/mol. The van der Waals surface area contributed by atoms with E-state index >= 15 is 0 Å². The molecule has 0 aromatic heterocycles. The van der Waals surface area contributed by atoms with Crippen molar-refractivity contribution in [2.24, 2.45) is 0 Å². The highest BCUT2D eigenvalue weighted by Gasteiger charge is 2.38. The van der Waals surface area contributed by atoms with Gasteiger partial charge in [-0.05, 0) is 24.1 Å². The number of hydrogen-bond acceptors (Lipinski definition) is 3. The maximum atomic E-state index is 12.1. The van der Waals surface area contributed by atoms with Crippen LogP contribution in [0.4, 0.5) is 0 Å². The number of aliphatic hydroxyl groups is 1. The molecule has 0 bridgehead atoms. The summed E-state index contributed by atoms with van der Waals surface area (Å²) in [7, 11) is 0. The largest absolute Gasteiger partial charge is 0.480 e. The van der Waals surface area contributed by atoms with Crippen molar-refractivity contribution in [3.63, 3.8) is 0 Å². The lowest BCUT2D eigenvalue weighted by Crippen LogP contribution is -2.40. The van der Waals surface area contributed by atoms with E-state index in [2.05, 4.69) is 15.9 Å². The molecule has 1 aliphatic rings. The quantitative estimate of drug-likeness (QED) is 0.868. The van der Waals surface area contributed by atoms with Gasteiger partial charge in [-0.3, -0.25) is 4.79 Å². The third-order valence-electron chi connectivity index (χ3n) is 3.40. The lowest BCUT2D eigenvalue weighted by atomic mass is 10.1. The molecule has 5 nitrogen and oxygen atoms in total. The minimum atomic E-state index is -1.06. The van der Waals surface area contributed by atoms with Crippen LogP contribution in [0, 0.1) is 0 Å². The summed E-state index contributed by atoms with van der Waals surface area (Å²) in [5.74, 6) is -1.29. The summed E-state index contributed by atoms with van der Waals surface area (Å²) in [5, 5.41) is 18.6. The van der Waals surface area contributed by atoms with Crippen LogP contribution in [0.3, 0.4) is 0 Å². The SMILES string of the molecule is O=C(O)[C@@H]1CC(O)CN1C(=O)CCc1cccc(Br)c1. The zero-order valence-corrected chi connectivity index (χ0v) is 12.4. The van der Waals surface area contributed by atoms with Crippen LogP contribution in [0.5, 0.6) is 0 Å². The van der Waals surface area contributed by atoms with E-state index in [9.17, 15) is 14.7 Å². The highest BCUT2D eigenvalue weighted by Crippen LogP contribution is 2.20. The molecule has 1 saturated heterocycles. The molecule has 1 heterocycles. The topological polar surface area (TPSA) is 77.8 Å². The third kappa shape index (κ3) is 3.58. The summed E-state index contributed by atoms with van der Waals surface area (Å²) in [6.07, 6.45) is 0.160. The van der Waals surface area contributed by atoms with Gasteiger partial charge in [0, 0.05) is 23.9 Å². The number of halogens is 1. The lowest BCUT2D eigenvalue weighted by Gasteiger charge is -2.21. The van der Waals surface area contributed by atoms with Crippen molar-refractivity contribution in [2.45, 2.75) is 31.4 Å². The van der Waals surface area contributed by atoms with Gasteiger partial charge in [0.2, 0.25) is 5.91 Å². The van der Waals surface area contributed by atoms with Crippen LogP contribution >= 0.6 is 15.9 Å². The molecule has 0 saturated carbocycles. The van der Waals surface area contributed by atoms with Crippen LogP contribution in [0.1, 0.15) is 18.4 Å². The first-order valence-electron chi connectivity index (χ1n) is 6.42. The molecule has 1 amide bonds. The normalized spacial score (nSPS) is 22.0. The molecule has 0 spiro atoms. The fraction of sp³-hybridized carbons (Fsp3) is 0.429. The van der Waals surface area contributed by atoms with E-state index in [-0.39, 0.29) is 25.3 Å². The number of benzene rings is 1. The van der Waals surface area contributed by atoms with Crippen molar-refractivity contribution < 1.29 is 19.8 Å². The van der Waals surface area contributed by atoms with Crippen LogP contribution in [0.25, 0.3) is 0 Å². The fourth-order valence-corrected chi connectivity index (χ4v) is 2.86. The Bertz CT molecular complexity index is 520. The maximum Gasteiger partial charge on any atom is 0.326 e. The molecule has 2 N–H and O–H groups in total. The van der Waals surface area contributed by atoms with Gasteiger partial charge in [-0.15, -0.1) is 0 Å². The molecule has 1 unspecified atom stereocenters. The number of aliphatic hydroxyl groups excluding tert-OH is 1. The minimum absolute atomic E-state index is 0.105. The van der Waals surface area contributed by atoms with E-state index < -0.39 is 18.1 Å². The van der Waals surface area contributed by atoms with E-state index in [4.69, 9.17) is 5.11 Å². The van der Waals surface area contributed by atoms with Crippen LogP contribution in [0.2, 0.25) is 0 Å². The molecular weight excluding hydrogens is 326 g/mol. The zero-order chi connectivity index (χ0) is 14.7. The average Bonchev–Trinajstić information content (AvgIpc) is 2.78. The van der Waals surface area contributed by atoms with Crippen molar-refractivity contribution in [1.29, 1.82) is 0 Å². The van der Waals surface area contributed by atoms with E-state index in [0.29, 0.717) is 6.42 Å². The Morgan fingerprint density at radius 1 is 1.40 bits per heavy atom. The Morgan fingerprint density at radius 3 is 2.80 bits per heavy atom. The lowest BCUT2D eigenvalue weighted by molar-refractivity contribution is -0.148. The fourth-order valence-electron chi connectivity index (χ4n) is 2.41. The van der Waals surface area contributed by atoms with Crippen molar-refractivity contribution in [3.8, 4) is 0 Å². The molecule has 1 aromatic carbocycles. The Labute approximate surface area is 125 Å². The van der Waals surface area contributed by atoms with Crippen molar-refractivity contribution in [1.82, 2.24) is 4.90 Å². The minimum Gasteiger partial charge on any atom is -0.480 e. The predicted molar refractivity (Wildman–Crippen MR) is 76.2 cm³/mol. The summed E-state index contributed by atoms with van der Waals surface area (Å²) >= 11 is 3.37. The summed E-state index contributed by atoms with van der Waals surface area (Å²) in [4.78, 5) is 24.4. The van der Waals surface area contributed by atoms with Crippen LogP contribution in [-0.2, 0) is 16.0 Å². The van der Waals surface area contributed by atoms with Gasteiger partial charge in [-0.2, -0.15) is 0 Å². The van der Waals surface area contributed by atoms with Crippen molar-refractivity contribution in [3.05, 3.63) is 34.3 Å². The summed E-state index contributed by atoms with van der Waals surface area (Å²) in [6, 6.07) is 6.75. The number of hydrogen-bond donors (Lipinski definition) is 2. The number of carbonyl (C=O) groups excluding carboxylic acids is 1. The number of amides is 1. The molecule has 0 aliphatic carbocycles. The molecule has 20 heavy (non-hydrogen) atoms. The van der Waals surface area contributed by atoms with E-state index in [1.807, 2.05) is 24.3 Å². The summed E-state index contributed by atoms with van der Waals surface area (Å²) < 4.78 is 0.947. The summed E-state index contributed by atoms with van der Waals surface area (Å²) in [6.45, 7) is 0.105. The number of aliphatic carboxylic acids is 1. The molecule has 6 heteroatoms. The highest BCUT2D eigenvalue weighted by atomic mass is 79.9. The second kappa shape index (κ2) is 6.37. The third-order valence-corrected chi connectivity index (χ3v) is 3.89. The number of likely N-dealkylation sites (tertiary alicyclic amines) is 1. The first kappa shape index (κ1) is 15.0. The zero-order valence-electron chi connectivity index (χ0n) is 10.8. The Hall–Kier alpha value is -1.40. The molecule has 1 fully saturated rings. The van der Waals surface area contributed by atoms with Crippen LogP contribution in [-0.4, -0.2) is 45.7 Å². The van der Waals surface area contributed by atoms with Gasteiger partial charge in [-0.25, -0.2) is 4.79 Å². The van der Waals surface area contributed by atoms with E-state index in [1.165, 1.54) is 4.90 Å². The summed E-state index contributed by atoms with van der Waals surface area (Å²) in [5.41, 5.74) is 1.01. The number of carbonyl (C=O) groups is 2. The standard InChI is InChI=1S/C14H16BrNO4/c15-10-3-1-2-9(6-10)4-5-13(18)16-8-11(17)7-12(16)14(19)20/h1-3,6,11-12,17H,4-5,7-8H2,(H,19,20)/t11?,12-/m0/s1. The van der Waals surface area contributed by atoms with Crippen LogP contribution in [0.15, 0.2) is 28.7 Å². The van der Waals surface area contributed by atoms with Gasteiger partial charge in [0.15, 0.2) is 0 Å². The predicted octanol–water partition coefficient (Wildman–Crippen LogP) is 1.43. The van der Waals surface area contributed by atoms with Crippen LogP contribution < -0.4 is 0 Å². The molecule has 1 aliphatic heterocycles. The monoisotopic (exact) mass is 341 g/mol. The first-order chi connectivity index (χ1) is 9.47. The highest BCUT2D eigenvalue weighted by molar-refractivity contribution is 9.10. The van der Waals surface area contributed by atoms with Gasteiger partial charge in [0.05, 0.1) is 6.10 Å². The number of carboxylic acid groups (broad SMARTS) is 1. The first-order valence-corrected chi connectivity index (χ1v) is 7.21. The van der Waals surface area contributed by atoms with Gasteiger partial charge < -0.3 is 15.1 Å². The maximum absolute atomic E-state index is 12.1. The van der Waals surface area contributed by atoms with Gasteiger partial charge in [0.1, 0.15) is 6.04 Å². The second-order valence-corrected chi connectivity index (χ2v) is 5.84. The van der Waals surface area contributed by atoms with Crippen molar-refractivity contribution in [2.75, 3.05) is 6.54 Å². The second-order valence-electron chi connectivity index (χ2n) is 4.92. The molecule has 1 aromatic rings. The Morgan fingerprint density at radius 2 is 2.15 bits per heavy atom. The Kier molecular flexibility index (Phi) is 4.77. The molecule has 108 valence electrons. The number of carboxylic acids is 1. The molecule has 2 atom stereocenters. The molecule has 0 radical (unpaired) electrons. The molecule has 2 rings (SSSR count). The van der Waals surface area contributed by atoms with Gasteiger partial charge in [0.25, 0.3) is 0 Å². The smallest absolute Gasteiger partial charge is 0.326 e. The Balaban J connectivity index is 1.96. The van der Waals surface area contributed by atoms with Gasteiger partial charge >= 0.3 is 5.97 Å². The molecular formula is C14H16BrNO4. The van der Waals surface area contributed by atoms with Crippen molar-refractivity contribution >= 4 is 27.8 Å². The number of aryl methyl sites for hydroxylation is 1. The number of rotatable bonds is 4. The van der Waals surface area contributed by atoms with E-state index in [1.54, 1.807) is 0 Å². The van der Waals surface area contributed by atoms with Gasteiger partial charge in [-0.1, -0.05) is 28.1 Å².